The normalized spacial score (nSPS) is 10.8. The summed E-state index contributed by atoms with van der Waals surface area (Å²) in [5.41, 5.74) is 2.15. The number of furan rings is 1. The molecule has 0 bridgehead atoms. The molecule has 0 saturated carbocycles. The van der Waals surface area contributed by atoms with Crippen molar-refractivity contribution in [2.45, 2.75) is 6.61 Å². The SMILES string of the molecule is O=C(O)c1c(-c2ccc(CO)cc2)oc2ccccc12. The highest BCUT2D eigenvalue weighted by Gasteiger charge is 2.20. The van der Waals surface area contributed by atoms with Crippen molar-refractivity contribution in [2.75, 3.05) is 0 Å². The molecule has 4 nitrogen and oxygen atoms in total. The maximum absolute atomic E-state index is 11.5. The van der Waals surface area contributed by atoms with Crippen LogP contribution in [0.25, 0.3) is 22.3 Å². The lowest BCUT2D eigenvalue weighted by molar-refractivity contribution is 0.0699. The van der Waals surface area contributed by atoms with E-state index in [1.54, 1.807) is 48.5 Å². The predicted octanol–water partition coefficient (Wildman–Crippen LogP) is 3.29. The van der Waals surface area contributed by atoms with E-state index < -0.39 is 5.97 Å². The monoisotopic (exact) mass is 268 g/mol. The van der Waals surface area contributed by atoms with Crippen LogP contribution >= 0.6 is 0 Å². The minimum Gasteiger partial charge on any atom is -0.478 e. The van der Waals surface area contributed by atoms with Gasteiger partial charge in [0.25, 0.3) is 0 Å². The summed E-state index contributed by atoms with van der Waals surface area (Å²) >= 11 is 0. The van der Waals surface area contributed by atoms with Crippen LogP contribution in [0.3, 0.4) is 0 Å². The number of para-hydroxylation sites is 1. The Labute approximate surface area is 114 Å². The summed E-state index contributed by atoms with van der Waals surface area (Å²) in [6, 6.07) is 14.0. The summed E-state index contributed by atoms with van der Waals surface area (Å²) in [6.07, 6.45) is 0. The van der Waals surface area contributed by atoms with Crippen molar-refractivity contribution in [3.63, 3.8) is 0 Å². The third-order valence-corrected chi connectivity index (χ3v) is 3.21. The summed E-state index contributed by atoms with van der Waals surface area (Å²) in [5, 5.41) is 19.0. The van der Waals surface area contributed by atoms with Crippen LogP contribution in [0.2, 0.25) is 0 Å². The Morgan fingerprint density at radius 1 is 1.05 bits per heavy atom. The Morgan fingerprint density at radius 3 is 2.40 bits per heavy atom. The van der Waals surface area contributed by atoms with Gasteiger partial charge in [-0.25, -0.2) is 4.79 Å². The first-order valence-electron chi connectivity index (χ1n) is 6.15. The summed E-state index contributed by atoms with van der Waals surface area (Å²) in [5.74, 6) is -0.681. The van der Waals surface area contributed by atoms with Gasteiger partial charge in [0.1, 0.15) is 16.9 Å². The van der Waals surface area contributed by atoms with Crippen molar-refractivity contribution >= 4 is 16.9 Å². The molecule has 3 rings (SSSR count). The molecule has 2 aromatic carbocycles. The van der Waals surface area contributed by atoms with Crippen molar-refractivity contribution in [3.05, 3.63) is 59.7 Å². The summed E-state index contributed by atoms with van der Waals surface area (Å²) < 4.78 is 5.68. The second kappa shape index (κ2) is 4.83. The molecule has 0 saturated heterocycles. The fourth-order valence-corrected chi connectivity index (χ4v) is 2.22. The second-order valence-electron chi connectivity index (χ2n) is 4.46. The van der Waals surface area contributed by atoms with Gasteiger partial charge in [-0.05, 0) is 11.6 Å². The molecule has 0 amide bonds. The van der Waals surface area contributed by atoms with Crippen LogP contribution in [-0.2, 0) is 6.61 Å². The lowest BCUT2D eigenvalue weighted by Gasteiger charge is -2.01. The van der Waals surface area contributed by atoms with Gasteiger partial charge >= 0.3 is 5.97 Å². The average Bonchev–Trinajstić information content (AvgIpc) is 2.86. The quantitative estimate of drug-likeness (QED) is 0.764. The number of hydrogen-bond acceptors (Lipinski definition) is 3. The zero-order valence-electron chi connectivity index (χ0n) is 10.5. The van der Waals surface area contributed by atoms with Crippen molar-refractivity contribution in [2.24, 2.45) is 0 Å². The van der Waals surface area contributed by atoms with E-state index in [9.17, 15) is 9.90 Å². The standard InChI is InChI=1S/C16H12O4/c17-9-10-5-7-11(8-6-10)15-14(16(18)19)12-3-1-2-4-13(12)20-15/h1-8,17H,9H2,(H,18,19). The lowest BCUT2D eigenvalue weighted by Crippen LogP contribution is -1.97. The van der Waals surface area contributed by atoms with E-state index in [1.165, 1.54) is 0 Å². The summed E-state index contributed by atoms with van der Waals surface area (Å²) in [4.78, 5) is 11.5. The number of hydrogen-bond donors (Lipinski definition) is 2. The van der Waals surface area contributed by atoms with Gasteiger partial charge in [-0.1, -0.05) is 42.5 Å². The van der Waals surface area contributed by atoms with Crippen LogP contribution in [0.4, 0.5) is 0 Å². The Hall–Kier alpha value is -2.59. The third-order valence-electron chi connectivity index (χ3n) is 3.21. The number of fused-ring (bicyclic) bond motifs is 1. The molecule has 0 aliphatic heterocycles. The number of aliphatic hydroxyl groups excluding tert-OH is 1. The summed E-state index contributed by atoms with van der Waals surface area (Å²) in [7, 11) is 0. The van der Waals surface area contributed by atoms with Crippen molar-refractivity contribution in [3.8, 4) is 11.3 Å². The highest BCUT2D eigenvalue weighted by Crippen LogP contribution is 2.33. The molecule has 3 aromatic rings. The van der Waals surface area contributed by atoms with Crippen LogP contribution in [-0.4, -0.2) is 16.2 Å². The van der Waals surface area contributed by atoms with E-state index in [2.05, 4.69) is 0 Å². The Morgan fingerprint density at radius 2 is 1.75 bits per heavy atom. The topological polar surface area (TPSA) is 70.7 Å². The van der Waals surface area contributed by atoms with Gasteiger partial charge in [-0.3, -0.25) is 0 Å². The highest BCUT2D eigenvalue weighted by molar-refractivity contribution is 6.07. The van der Waals surface area contributed by atoms with E-state index in [0.717, 1.165) is 5.56 Å². The number of aromatic carboxylic acids is 1. The maximum atomic E-state index is 11.5. The van der Waals surface area contributed by atoms with Gasteiger partial charge in [0.2, 0.25) is 0 Å². The third kappa shape index (κ3) is 1.96. The van der Waals surface area contributed by atoms with Crippen LogP contribution in [0.5, 0.6) is 0 Å². The molecule has 0 radical (unpaired) electrons. The van der Waals surface area contributed by atoms with Crippen molar-refractivity contribution < 1.29 is 19.4 Å². The maximum Gasteiger partial charge on any atom is 0.340 e. The number of carbonyl (C=O) groups is 1. The average molecular weight is 268 g/mol. The Bertz CT molecular complexity index is 769. The lowest BCUT2D eigenvalue weighted by atomic mass is 10.0. The van der Waals surface area contributed by atoms with Gasteiger partial charge in [-0.2, -0.15) is 0 Å². The zero-order valence-corrected chi connectivity index (χ0v) is 10.5. The number of carboxylic acids is 1. The largest absolute Gasteiger partial charge is 0.478 e. The molecule has 100 valence electrons. The van der Waals surface area contributed by atoms with Crippen LogP contribution in [0, 0.1) is 0 Å². The number of carboxylic acid groups (broad SMARTS) is 1. The molecule has 0 fully saturated rings. The van der Waals surface area contributed by atoms with E-state index in [4.69, 9.17) is 9.52 Å². The Balaban J connectivity index is 2.23. The zero-order chi connectivity index (χ0) is 14.1. The minimum absolute atomic E-state index is 0.0494. The molecule has 0 aliphatic rings. The molecule has 0 aliphatic carbocycles. The molecule has 0 spiro atoms. The van der Waals surface area contributed by atoms with E-state index in [0.29, 0.717) is 22.3 Å². The van der Waals surface area contributed by atoms with Gasteiger partial charge in [0.05, 0.1) is 6.61 Å². The minimum atomic E-state index is -1.02. The van der Waals surface area contributed by atoms with Gasteiger partial charge in [0.15, 0.2) is 0 Å². The van der Waals surface area contributed by atoms with E-state index >= 15 is 0 Å². The fraction of sp³-hybridized carbons (Fsp3) is 0.0625. The number of aliphatic hydroxyl groups is 1. The first kappa shape index (κ1) is 12.4. The molecular weight excluding hydrogens is 256 g/mol. The van der Waals surface area contributed by atoms with Gasteiger partial charge in [-0.15, -0.1) is 0 Å². The first-order chi connectivity index (χ1) is 9.70. The molecule has 1 heterocycles. The van der Waals surface area contributed by atoms with Crippen molar-refractivity contribution in [1.29, 1.82) is 0 Å². The molecule has 1 aromatic heterocycles. The Kier molecular flexibility index (Phi) is 3.00. The highest BCUT2D eigenvalue weighted by atomic mass is 16.4. The van der Waals surface area contributed by atoms with Crippen LogP contribution in [0.1, 0.15) is 15.9 Å². The van der Waals surface area contributed by atoms with Gasteiger partial charge in [0, 0.05) is 10.9 Å². The first-order valence-corrected chi connectivity index (χ1v) is 6.15. The number of benzene rings is 2. The summed E-state index contributed by atoms with van der Waals surface area (Å²) in [6.45, 7) is -0.0494. The molecular formula is C16H12O4. The van der Waals surface area contributed by atoms with E-state index in [-0.39, 0.29) is 12.2 Å². The molecule has 4 heteroatoms. The smallest absolute Gasteiger partial charge is 0.340 e. The molecule has 0 atom stereocenters. The fourth-order valence-electron chi connectivity index (χ4n) is 2.22. The number of rotatable bonds is 3. The second-order valence-corrected chi connectivity index (χ2v) is 4.46. The van der Waals surface area contributed by atoms with Gasteiger partial charge < -0.3 is 14.6 Å². The van der Waals surface area contributed by atoms with Crippen LogP contribution < -0.4 is 0 Å². The van der Waals surface area contributed by atoms with E-state index in [1.807, 2.05) is 0 Å². The molecule has 2 N–H and O–H groups in total. The van der Waals surface area contributed by atoms with Crippen LogP contribution in [0.15, 0.2) is 52.9 Å². The molecule has 0 unspecified atom stereocenters. The predicted molar refractivity (Wildman–Crippen MR) is 74.5 cm³/mol. The molecule has 20 heavy (non-hydrogen) atoms. The van der Waals surface area contributed by atoms with Crippen molar-refractivity contribution in [1.82, 2.24) is 0 Å².